The number of allylic oxidation sites excluding steroid dienone is 1. The Morgan fingerprint density at radius 3 is 2.40 bits per heavy atom. The van der Waals surface area contributed by atoms with E-state index in [0.717, 1.165) is 32.4 Å². The minimum absolute atomic E-state index is 0.0537. The van der Waals surface area contributed by atoms with Crippen LogP contribution in [0.1, 0.15) is 63.6 Å². The molecule has 0 bridgehead atoms. The second-order valence-corrected chi connectivity index (χ2v) is 12.0. The maximum absolute atomic E-state index is 14.3. The molecule has 2 aromatic carbocycles. The Labute approximate surface area is 277 Å². The molecule has 12 heteroatoms. The zero-order valence-corrected chi connectivity index (χ0v) is 28.3. The Balaban J connectivity index is 1.61. The Morgan fingerprint density at radius 1 is 0.957 bits per heavy atom. The van der Waals surface area contributed by atoms with E-state index in [1.165, 1.54) is 15.9 Å². The lowest BCUT2D eigenvalue weighted by Gasteiger charge is -2.27. The number of carbonyl (C=O) groups is 2. The molecule has 250 valence electrons. The van der Waals surface area contributed by atoms with Gasteiger partial charge < -0.3 is 28.6 Å². The molecule has 0 spiro atoms. The molecule has 0 N–H and O–H groups in total. The fraction of sp³-hybridized carbons (Fsp3) is 0.429. The van der Waals surface area contributed by atoms with Gasteiger partial charge in [0, 0.05) is 18.7 Å². The van der Waals surface area contributed by atoms with Crippen molar-refractivity contribution in [2.24, 2.45) is 4.99 Å². The number of rotatable bonds is 13. The summed E-state index contributed by atoms with van der Waals surface area (Å²) in [5.74, 6) is 1.37. The van der Waals surface area contributed by atoms with Crippen molar-refractivity contribution in [3.63, 3.8) is 0 Å². The van der Waals surface area contributed by atoms with Crippen LogP contribution in [0.4, 0.5) is 0 Å². The first-order valence-corrected chi connectivity index (χ1v) is 16.8. The van der Waals surface area contributed by atoms with Crippen molar-refractivity contribution >= 4 is 29.3 Å². The van der Waals surface area contributed by atoms with E-state index >= 15 is 0 Å². The van der Waals surface area contributed by atoms with Crippen molar-refractivity contribution in [3.05, 3.63) is 78.5 Å². The second-order valence-electron chi connectivity index (χ2n) is 11.0. The summed E-state index contributed by atoms with van der Waals surface area (Å²) in [4.78, 5) is 47.5. The minimum atomic E-state index is -0.859. The van der Waals surface area contributed by atoms with Crippen LogP contribution in [0, 0.1) is 0 Å². The number of aromatic nitrogens is 1. The van der Waals surface area contributed by atoms with Gasteiger partial charge in [-0.3, -0.25) is 14.2 Å². The summed E-state index contributed by atoms with van der Waals surface area (Å²) in [7, 11) is 3.10. The number of carbonyl (C=O) groups excluding carboxylic acids is 2. The number of ether oxygens (including phenoxy) is 5. The van der Waals surface area contributed by atoms with Gasteiger partial charge in [0.1, 0.15) is 17.5 Å². The Hall–Kier alpha value is -4.58. The zero-order chi connectivity index (χ0) is 33.5. The van der Waals surface area contributed by atoms with Gasteiger partial charge in [-0.05, 0) is 75.1 Å². The van der Waals surface area contributed by atoms with Crippen LogP contribution >= 0.6 is 11.3 Å². The lowest BCUT2D eigenvalue weighted by molar-refractivity contribution is -0.139. The highest BCUT2D eigenvalue weighted by Gasteiger charge is 2.36. The van der Waals surface area contributed by atoms with Gasteiger partial charge in [-0.15, -0.1) is 0 Å². The van der Waals surface area contributed by atoms with E-state index in [-0.39, 0.29) is 24.7 Å². The number of benzene rings is 2. The van der Waals surface area contributed by atoms with Crippen molar-refractivity contribution in [1.82, 2.24) is 9.47 Å². The van der Waals surface area contributed by atoms with E-state index in [1.807, 2.05) is 24.8 Å². The van der Waals surface area contributed by atoms with Gasteiger partial charge in [0.15, 0.2) is 22.9 Å². The van der Waals surface area contributed by atoms with Crippen molar-refractivity contribution in [3.8, 4) is 23.0 Å². The maximum Gasteiger partial charge on any atom is 0.338 e. The molecular weight excluding hydrogens is 622 g/mol. The molecule has 1 amide bonds. The van der Waals surface area contributed by atoms with Crippen molar-refractivity contribution < 1.29 is 33.3 Å². The molecule has 5 rings (SSSR count). The number of hydrogen-bond donors (Lipinski definition) is 0. The molecule has 0 unspecified atom stereocenters. The smallest absolute Gasteiger partial charge is 0.338 e. The first kappa shape index (κ1) is 33.8. The third-order valence-electron chi connectivity index (χ3n) is 8.00. The number of hydrogen-bond acceptors (Lipinski definition) is 10. The average Bonchev–Trinajstić information content (AvgIpc) is 3.72. The van der Waals surface area contributed by atoms with E-state index in [4.69, 9.17) is 28.7 Å². The van der Waals surface area contributed by atoms with Crippen molar-refractivity contribution in [2.75, 3.05) is 47.1 Å². The monoisotopic (exact) mass is 663 g/mol. The molecule has 2 aliphatic rings. The predicted octanol–water partition coefficient (Wildman–Crippen LogP) is 4.00. The summed E-state index contributed by atoms with van der Waals surface area (Å²) >= 11 is 1.23. The van der Waals surface area contributed by atoms with E-state index in [1.54, 1.807) is 57.6 Å². The number of methoxy groups -OCH3 is 2. The minimum Gasteiger partial charge on any atom is -0.497 e. The van der Waals surface area contributed by atoms with E-state index in [2.05, 4.69) is 0 Å². The Morgan fingerprint density at radius 2 is 1.72 bits per heavy atom. The highest BCUT2D eigenvalue weighted by atomic mass is 32.1. The number of likely N-dealkylation sites (tertiary alicyclic amines) is 1. The molecule has 3 aromatic rings. The zero-order valence-electron chi connectivity index (χ0n) is 27.5. The summed E-state index contributed by atoms with van der Waals surface area (Å²) in [6.45, 7) is 7.61. The second kappa shape index (κ2) is 15.3. The molecule has 1 fully saturated rings. The van der Waals surface area contributed by atoms with Crippen LogP contribution in [0.2, 0.25) is 0 Å². The molecule has 0 radical (unpaired) electrons. The molecular formula is C35H41N3O8S. The molecule has 47 heavy (non-hydrogen) atoms. The molecule has 11 nitrogen and oxygen atoms in total. The maximum atomic E-state index is 14.3. The summed E-state index contributed by atoms with van der Waals surface area (Å²) in [5, 5.41) is 0. The first-order chi connectivity index (χ1) is 22.8. The van der Waals surface area contributed by atoms with Crippen LogP contribution < -0.4 is 33.8 Å². The lowest BCUT2D eigenvalue weighted by Crippen LogP contribution is -2.40. The molecule has 0 saturated carbocycles. The fourth-order valence-corrected chi connectivity index (χ4v) is 6.84. The summed E-state index contributed by atoms with van der Waals surface area (Å²) in [6.07, 6.45) is 5.03. The van der Waals surface area contributed by atoms with Crippen LogP contribution in [0.15, 0.2) is 57.5 Å². The van der Waals surface area contributed by atoms with Crippen molar-refractivity contribution in [1.29, 1.82) is 0 Å². The third-order valence-corrected chi connectivity index (χ3v) is 8.98. The number of fused-ring (bicyclic) bond motifs is 1. The van der Waals surface area contributed by atoms with E-state index in [9.17, 15) is 14.4 Å². The van der Waals surface area contributed by atoms with Gasteiger partial charge in [-0.1, -0.05) is 30.7 Å². The fourth-order valence-electron chi connectivity index (χ4n) is 5.82. The number of nitrogens with zero attached hydrogens (tertiary/aromatic N) is 3. The molecule has 1 atom stereocenters. The quantitative estimate of drug-likeness (QED) is 0.252. The number of amides is 1. The van der Waals surface area contributed by atoms with Gasteiger partial charge in [0.2, 0.25) is 0 Å². The number of esters is 1. The van der Waals surface area contributed by atoms with Gasteiger partial charge in [0.05, 0.1) is 43.2 Å². The average molecular weight is 664 g/mol. The van der Waals surface area contributed by atoms with Crippen LogP contribution in [0.3, 0.4) is 0 Å². The molecule has 1 saturated heterocycles. The normalized spacial score (nSPS) is 16.1. The Bertz CT molecular complexity index is 1840. The lowest BCUT2D eigenvalue weighted by atomic mass is 9.93. The first-order valence-electron chi connectivity index (χ1n) is 15.9. The molecule has 0 aliphatic carbocycles. The van der Waals surface area contributed by atoms with Crippen LogP contribution in [-0.2, 0) is 14.3 Å². The standard InChI is InChI=1S/C35H41N3O8S/c1-6-11-25-31(34(41)45-8-3)32(24-20-23(42-4)13-15-26(24)43-5)38-33(40)29(47-35(38)36-25)19-22-12-14-27(28(18-22)44-7-2)46-21-30(39)37-16-9-10-17-37/h12-15,18-20,32H,6-11,16-17,21H2,1-5H3/b29-19-/t32-/m0/s1. The van der Waals surface area contributed by atoms with Crippen LogP contribution in [0.5, 0.6) is 23.0 Å². The van der Waals surface area contributed by atoms with Gasteiger partial charge in [0.25, 0.3) is 11.5 Å². The largest absolute Gasteiger partial charge is 0.497 e. The topological polar surface area (TPSA) is 118 Å². The summed E-state index contributed by atoms with van der Waals surface area (Å²) < 4.78 is 30.4. The molecule has 1 aromatic heterocycles. The predicted molar refractivity (Wildman–Crippen MR) is 178 cm³/mol. The third kappa shape index (κ3) is 7.22. The van der Waals surface area contributed by atoms with E-state index < -0.39 is 12.0 Å². The summed E-state index contributed by atoms with van der Waals surface area (Å²) in [5.41, 5.74) is 1.82. The van der Waals surface area contributed by atoms with Gasteiger partial charge in [-0.2, -0.15) is 0 Å². The summed E-state index contributed by atoms with van der Waals surface area (Å²) in [6, 6.07) is 9.77. The number of thiazole rings is 1. The van der Waals surface area contributed by atoms with Crippen LogP contribution in [-0.4, -0.2) is 68.5 Å². The molecule has 3 heterocycles. The van der Waals surface area contributed by atoms with Crippen LogP contribution in [0.25, 0.3) is 6.08 Å². The SMILES string of the molecule is CCCC1=C(C(=O)OCC)[C@H](c2cc(OC)ccc2OC)n2c(s/c(=C\c3ccc(OCC(=O)N4CCCC4)c(OCC)c3)c2=O)=N1. The highest BCUT2D eigenvalue weighted by molar-refractivity contribution is 7.07. The Kier molecular flexibility index (Phi) is 11.0. The van der Waals surface area contributed by atoms with E-state index in [0.29, 0.717) is 67.8 Å². The van der Waals surface area contributed by atoms with Gasteiger partial charge >= 0.3 is 5.97 Å². The highest BCUT2D eigenvalue weighted by Crippen LogP contribution is 2.39. The van der Waals surface area contributed by atoms with Crippen molar-refractivity contribution in [2.45, 2.75) is 52.5 Å². The molecule has 2 aliphatic heterocycles. The van der Waals surface area contributed by atoms with Gasteiger partial charge in [-0.25, -0.2) is 9.79 Å².